The molecule has 0 saturated heterocycles. The SMILES string of the molecule is COC(=O)C(=O)[C@H](C(=O)OC)C(=O)C(=O)Nc1cc([N+](=O)[O-])ccc1C. The van der Waals surface area contributed by atoms with Gasteiger partial charge in [-0.15, -0.1) is 0 Å². The Kier molecular flexibility index (Phi) is 6.64. The smallest absolute Gasteiger partial charge is 0.375 e. The molecule has 1 N–H and O–H groups in total. The minimum absolute atomic E-state index is 0.0771. The van der Waals surface area contributed by atoms with Crippen LogP contribution in [0.15, 0.2) is 18.2 Å². The van der Waals surface area contributed by atoms with Gasteiger partial charge in [0.05, 0.1) is 24.8 Å². The van der Waals surface area contributed by atoms with Gasteiger partial charge >= 0.3 is 11.9 Å². The quantitative estimate of drug-likeness (QED) is 0.229. The Bertz CT molecular complexity index is 800. The number of carbonyl (C=O) groups is 5. The third-order valence-electron chi connectivity index (χ3n) is 3.25. The summed E-state index contributed by atoms with van der Waals surface area (Å²) in [5, 5.41) is 12.9. The number of ether oxygens (including phenoxy) is 2. The van der Waals surface area contributed by atoms with E-state index in [4.69, 9.17) is 0 Å². The highest BCUT2D eigenvalue weighted by Gasteiger charge is 2.42. The topological polar surface area (TPSA) is 159 Å². The van der Waals surface area contributed by atoms with E-state index in [0.29, 0.717) is 5.56 Å². The number of methoxy groups -OCH3 is 2. The van der Waals surface area contributed by atoms with Crippen molar-refractivity contribution in [1.82, 2.24) is 0 Å². The first-order chi connectivity index (χ1) is 12.1. The van der Waals surface area contributed by atoms with Crippen LogP contribution in [0.5, 0.6) is 0 Å². The van der Waals surface area contributed by atoms with Gasteiger partial charge in [-0.05, 0) is 12.5 Å². The van der Waals surface area contributed by atoms with E-state index in [1.165, 1.54) is 19.1 Å². The Morgan fingerprint density at radius 1 is 1.08 bits per heavy atom. The zero-order valence-corrected chi connectivity index (χ0v) is 13.9. The highest BCUT2D eigenvalue weighted by atomic mass is 16.6. The third-order valence-corrected chi connectivity index (χ3v) is 3.25. The molecule has 1 atom stereocenters. The number of rotatable bonds is 7. The van der Waals surface area contributed by atoms with Gasteiger partial charge in [0.2, 0.25) is 5.78 Å². The second kappa shape index (κ2) is 8.46. The van der Waals surface area contributed by atoms with E-state index in [1.807, 2.05) is 0 Å². The number of non-ortho nitro benzene ring substituents is 1. The average Bonchev–Trinajstić information content (AvgIpc) is 2.61. The predicted octanol–water partition coefficient (Wildman–Crippen LogP) is -0.0579. The van der Waals surface area contributed by atoms with Gasteiger partial charge in [0.1, 0.15) is 0 Å². The molecule has 26 heavy (non-hydrogen) atoms. The molecule has 1 aromatic rings. The van der Waals surface area contributed by atoms with Crippen LogP contribution in [0.4, 0.5) is 11.4 Å². The van der Waals surface area contributed by atoms with Crippen LogP contribution in [0.2, 0.25) is 0 Å². The van der Waals surface area contributed by atoms with Crippen LogP contribution in [-0.2, 0) is 33.4 Å². The zero-order chi connectivity index (χ0) is 20.0. The monoisotopic (exact) mass is 366 g/mol. The minimum Gasteiger partial charge on any atom is -0.468 e. The first kappa shape index (κ1) is 20.4. The van der Waals surface area contributed by atoms with Crippen LogP contribution in [0.1, 0.15) is 5.56 Å². The van der Waals surface area contributed by atoms with Gasteiger partial charge in [-0.2, -0.15) is 0 Å². The fourth-order valence-electron chi connectivity index (χ4n) is 1.84. The van der Waals surface area contributed by atoms with Crippen LogP contribution >= 0.6 is 0 Å². The van der Waals surface area contributed by atoms with Crippen molar-refractivity contribution in [3.63, 3.8) is 0 Å². The number of nitrogens with one attached hydrogen (secondary N) is 1. The van der Waals surface area contributed by atoms with E-state index in [-0.39, 0.29) is 11.4 Å². The molecule has 0 aliphatic heterocycles. The van der Waals surface area contributed by atoms with Crippen LogP contribution in [-0.4, -0.2) is 48.6 Å². The number of amides is 1. The summed E-state index contributed by atoms with van der Waals surface area (Å²) < 4.78 is 8.41. The van der Waals surface area contributed by atoms with Gasteiger partial charge in [-0.3, -0.25) is 29.3 Å². The molecule has 11 heteroatoms. The second-order valence-electron chi connectivity index (χ2n) is 4.89. The number of aryl methyl sites for hydroxylation is 1. The van der Waals surface area contributed by atoms with Crippen LogP contribution in [0, 0.1) is 23.0 Å². The van der Waals surface area contributed by atoms with E-state index in [0.717, 1.165) is 20.3 Å². The first-order valence-corrected chi connectivity index (χ1v) is 6.94. The van der Waals surface area contributed by atoms with E-state index in [2.05, 4.69) is 14.8 Å². The molecule has 0 aromatic heterocycles. The van der Waals surface area contributed by atoms with Crippen molar-refractivity contribution < 1.29 is 38.4 Å². The molecule has 0 unspecified atom stereocenters. The third kappa shape index (κ3) is 4.47. The summed E-state index contributed by atoms with van der Waals surface area (Å²) >= 11 is 0. The molecular formula is C15H14N2O9. The molecule has 0 bridgehead atoms. The molecular weight excluding hydrogens is 352 g/mol. The van der Waals surface area contributed by atoms with Gasteiger partial charge in [-0.1, -0.05) is 6.07 Å². The highest BCUT2D eigenvalue weighted by molar-refractivity contribution is 6.54. The van der Waals surface area contributed by atoms with E-state index < -0.39 is 40.3 Å². The Hall–Kier alpha value is -3.63. The van der Waals surface area contributed by atoms with Gasteiger partial charge < -0.3 is 14.8 Å². The lowest BCUT2D eigenvalue weighted by atomic mass is 9.98. The zero-order valence-electron chi connectivity index (χ0n) is 13.9. The average molecular weight is 366 g/mol. The van der Waals surface area contributed by atoms with E-state index in [9.17, 15) is 34.1 Å². The molecule has 0 aliphatic rings. The number of nitro benzene ring substituents is 1. The first-order valence-electron chi connectivity index (χ1n) is 6.94. The normalized spacial score (nSPS) is 11.0. The summed E-state index contributed by atoms with van der Waals surface area (Å²) in [4.78, 5) is 69.1. The van der Waals surface area contributed by atoms with E-state index in [1.54, 1.807) is 0 Å². The molecule has 0 aliphatic carbocycles. The molecule has 11 nitrogen and oxygen atoms in total. The summed E-state index contributed by atoms with van der Waals surface area (Å²) in [5.41, 5.74) is -0.0501. The lowest BCUT2D eigenvalue weighted by molar-refractivity contribution is -0.384. The maximum atomic E-state index is 12.2. The minimum atomic E-state index is -2.34. The van der Waals surface area contributed by atoms with Crippen molar-refractivity contribution >= 4 is 40.8 Å². The van der Waals surface area contributed by atoms with Crippen LogP contribution < -0.4 is 5.32 Å². The number of hydrogen-bond acceptors (Lipinski definition) is 9. The molecule has 1 amide bonds. The number of anilines is 1. The maximum Gasteiger partial charge on any atom is 0.375 e. The van der Waals surface area contributed by atoms with Gasteiger partial charge in [0.15, 0.2) is 5.92 Å². The standard InChI is InChI=1S/C15H14N2O9/c1-7-4-5-8(17(23)24)6-9(7)16-13(20)11(18)10(14(21)25-2)12(19)15(22)26-3/h4-6,10H,1-3H3,(H,16,20)/t10-/m1/s1. The molecule has 0 saturated carbocycles. The van der Waals surface area contributed by atoms with Crippen molar-refractivity contribution in [2.24, 2.45) is 5.92 Å². The fourth-order valence-corrected chi connectivity index (χ4v) is 1.84. The summed E-state index contributed by atoms with van der Waals surface area (Å²) in [7, 11) is 1.71. The van der Waals surface area contributed by atoms with Crippen molar-refractivity contribution in [1.29, 1.82) is 0 Å². The molecule has 0 radical (unpaired) electrons. The Labute approximate surface area is 146 Å². The predicted molar refractivity (Wildman–Crippen MR) is 84.0 cm³/mol. The van der Waals surface area contributed by atoms with Gasteiger partial charge in [0, 0.05) is 12.1 Å². The maximum absolute atomic E-state index is 12.2. The Balaban J connectivity index is 3.14. The number of nitrogens with zero attached hydrogens (tertiary/aromatic N) is 1. The number of carbonyl (C=O) groups excluding carboxylic acids is 5. The number of ketones is 2. The van der Waals surface area contributed by atoms with Crippen molar-refractivity contribution in [2.75, 3.05) is 19.5 Å². The Morgan fingerprint density at radius 3 is 2.19 bits per heavy atom. The van der Waals surface area contributed by atoms with Crippen molar-refractivity contribution in [3.05, 3.63) is 33.9 Å². The molecule has 1 aromatic carbocycles. The molecule has 138 valence electrons. The van der Waals surface area contributed by atoms with Crippen molar-refractivity contribution in [3.8, 4) is 0 Å². The summed E-state index contributed by atoms with van der Waals surface area (Å²) in [6.45, 7) is 1.50. The number of Topliss-reactive ketones (excluding diaryl/α,β-unsaturated/α-hetero) is 2. The van der Waals surface area contributed by atoms with Crippen LogP contribution in [0.3, 0.4) is 0 Å². The van der Waals surface area contributed by atoms with Gasteiger partial charge in [0.25, 0.3) is 17.4 Å². The fraction of sp³-hybridized carbons (Fsp3) is 0.267. The molecule has 0 spiro atoms. The van der Waals surface area contributed by atoms with Crippen molar-refractivity contribution in [2.45, 2.75) is 6.92 Å². The number of esters is 2. The number of benzene rings is 1. The lowest BCUT2D eigenvalue weighted by Gasteiger charge is -2.12. The molecule has 0 heterocycles. The summed E-state index contributed by atoms with van der Waals surface area (Å²) in [6.07, 6.45) is 0. The number of nitro groups is 1. The molecule has 1 rings (SSSR count). The number of hydrogen-bond donors (Lipinski definition) is 1. The van der Waals surface area contributed by atoms with Crippen LogP contribution in [0.25, 0.3) is 0 Å². The highest BCUT2D eigenvalue weighted by Crippen LogP contribution is 2.22. The molecule has 0 fully saturated rings. The Morgan fingerprint density at radius 2 is 1.69 bits per heavy atom. The summed E-state index contributed by atoms with van der Waals surface area (Å²) in [5.74, 6) is -9.84. The van der Waals surface area contributed by atoms with E-state index >= 15 is 0 Å². The summed E-state index contributed by atoms with van der Waals surface area (Å²) in [6, 6.07) is 3.51. The largest absolute Gasteiger partial charge is 0.468 e. The van der Waals surface area contributed by atoms with Gasteiger partial charge in [-0.25, -0.2) is 4.79 Å². The second-order valence-corrected chi connectivity index (χ2v) is 4.89. The lowest BCUT2D eigenvalue weighted by Crippen LogP contribution is -2.42.